The maximum Gasteiger partial charge on any atom is 0.255 e. The van der Waals surface area contributed by atoms with Crippen LogP contribution in [-0.2, 0) is 0 Å². The zero-order valence-electron chi connectivity index (χ0n) is 13.0. The van der Waals surface area contributed by atoms with Crippen LogP contribution in [-0.4, -0.2) is 33.9 Å². The summed E-state index contributed by atoms with van der Waals surface area (Å²) in [5.41, 5.74) is 8.59. The van der Waals surface area contributed by atoms with Gasteiger partial charge in [-0.1, -0.05) is 23.2 Å². The summed E-state index contributed by atoms with van der Waals surface area (Å²) in [6, 6.07) is 4.90. The van der Waals surface area contributed by atoms with Gasteiger partial charge in [0.2, 0.25) is 0 Å². The van der Waals surface area contributed by atoms with Crippen LogP contribution in [0.1, 0.15) is 16.8 Å². The molecule has 0 spiro atoms. The second kappa shape index (κ2) is 6.51. The highest BCUT2D eigenvalue weighted by molar-refractivity contribution is 6.36. The van der Waals surface area contributed by atoms with E-state index in [0.29, 0.717) is 40.9 Å². The normalized spacial score (nSPS) is 16.7. The van der Waals surface area contributed by atoms with Crippen molar-refractivity contribution in [3.05, 3.63) is 63.8 Å². The molecule has 0 bridgehead atoms. The highest BCUT2D eigenvalue weighted by atomic mass is 35.5. The number of halogens is 2. The molecule has 1 aromatic carbocycles. The average molecular weight is 377 g/mol. The van der Waals surface area contributed by atoms with Gasteiger partial charge in [0.25, 0.3) is 5.91 Å². The summed E-state index contributed by atoms with van der Waals surface area (Å²) >= 11 is 12.1. The SMILES string of the molecule is O=C(c1ccc(Cl)cc1Cl)N1CCC2=C(C1)NNN2c1cnccn1. The lowest BCUT2D eigenvalue weighted by Crippen LogP contribution is -2.39. The first-order valence-electron chi connectivity index (χ1n) is 7.67. The van der Waals surface area contributed by atoms with Gasteiger partial charge in [0.15, 0.2) is 5.82 Å². The summed E-state index contributed by atoms with van der Waals surface area (Å²) in [4.78, 5) is 22.9. The number of hydrazine groups is 2. The van der Waals surface area contributed by atoms with E-state index in [9.17, 15) is 4.79 Å². The molecule has 0 unspecified atom stereocenters. The lowest BCUT2D eigenvalue weighted by Gasteiger charge is -2.29. The van der Waals surface area contributed by atoms with Crippen LogP contribution in [0.4, 0.5) is 5.82 Å². The third-order valence-corrected chi connectivity index (χ3v) is 4.68. The Morgan fingerprint density at radius 2 is 2.12 bits per heavy atom. The molecule has 128 valence electrons. The third-order valence-electron chi connectivity index (χ3n) is 4.13. The first kappa shape index (κ1) is 16.1. The van der Waals surface area contributed by atoms with Gasteiger partial charge in [0, 0.05) is 30.4 Å². The molecule has 1 amide bonds. The van der Waals surface area contributed by atoms with Crippen molar-refractivity contribution in [3.8, 4) is 0 Å². The Bertz CT molecular complexity index is 857. The smallest absolute Gasteiger partial charge is 0.255 e. The van der Waals surface area contributed by atoms with E-state index in [1.807, 2.05) is 5.01 Å². The second-order valence-electron chi connectivity index (χ2n) is 5.66. The summed E-state index contributed by atoms with van der Waals surface area (Å²) in [5.74, 6) is 0.577. The Hall–Kier alpha value is -2.35. The van der Waals surface area contributed by atoms with Gasteiger partial charge < -0.3 is 10.3 Å². The fourth-order valence-corrected chi connectivity index (χ4v) is 3.40. The zero-order valence-corrected chi connectivity index (χ0v) is 14.6. The van der Waals surface area contributed by atoms with Crippen LogP contribution >= 0.6 is 23.2 Å². The summed E-state index contributed by atoms with van der Waals surface area (Å²) in [7, 11) is 0. The lowest BCUT2D eigenvalue weighted by atomic mass is 10.1. The molecule has 0 fully saturated rings. The highest BCUT2D eigenvalue weighted by Gasteiger charge is 2.32. The molecule has 0 radical (unpaired) electrons. The van der Waals surface area contributed by atoms with Crippen LogP contribution < -0.4 is 16.0 Å². The number of hydrogen-bond acceptors (Lipinski definition) is 6. The molecule has 1 aromatic heterocycles. The van der Waals surface area contributed by atoms with Gasteiger partial charge in [-0.25, -0.2) is 9.99 Å². The van der Waals surface area contributed by atoms with E-state index in [4.69, 9.17) is 23.2 Å². The molecule has 2 aromatic rings. The molecule has 2 aliphatic rings. The number of aromatic nitrogens is 2. The predicted octanol–water partition coefficient (Wildman–Crippen LogP) is 2.37. The van der Waals surface area contributed by atoms with Crippen molar-refractivity contribution in [1.29, 1.82) is 0 Å². The third kappa shape index (κ3) is 3.02. The Morgan fingerprint density at radius 1 is 1.24 bits per heavy atom. The van der Waals surface area contributed by atoms with E-state index < -0.39 is 0 Å². The molecule has 3 heterocycles. The van der Waals surface area contributed by atoms with Crippen LogP contribution in [0.2, 0.25) is 10.0 Å². The number of anilines is 1. The topological polar surface area (TPSA) is 73.4 Å². The number of hydrogen-bond donors (Lipinski definition) is 2. The molecule has 2 aliphatic heterocycles. The number of benzene rings is 1. The zero-order chi connectivity index (χ0) is 17.4. The van der Waals surface area contributed by atoms with Crippen molar-refractivity contribution in [2.24, 2.45) is 0 Å². The van der Waals surface area contributed by atoms with Crippen molar-refractivity contribution in [1.82, 2.24) is 25.8 Å². The van der Waals surface area contributed by atoms with Crippen molar-refractivity contribution < 1.29 is 4.79 Å². The Labute approximate surface area is 154 Å². The number of carbonyl (C=O) groups is 1. The summed E-state index contributed by atoms with van der Waals surface area (Å²) < 4.78 is 0. The molecule has 0 atom stereocenters. The van der Waals surface area contributed by atoms with Crippen LogP contribution in [0.25, 0.3) is 0 Å². The summed E-state index contributed by atoms with van der Waals surface area (Å²) in [6.07, 6.45) is 5.62. The van der Waals surface area contributed by atoms with Crippen LogP contribution in [0.15, 0.2) is 48.2 Å². The van der Waals surface area contributed by atoms with Gasteiger partial charge in [0.1, 0.15) is 0 Å². The minimum atomic E-state index is -0.118. The minimum absolute atomic E-state index is 0.118. The molecular weight excluding hydrogens is 363 g/mol. The maximum absolute atomic E-state index is 12.8. The van der Waals surface area contributed by atoms with Gasteiger partial charge in [-0.05, 0) is 18.2 Å². The standard InChI is InChI=1S/C16H14Cl2N6O/c17-10-1-2-11(12(18)7-10)16(25)23-6-3-14-13(9-23)21-22-24(14)15-8-19-4-5-20-15/h1-2,4-5,7-8,21-22H,3,6,9H2. The van der Waals surface area contributed by atoms with Crippen LogP contribution in [0.5, 0.6) is 0 Å². The fourth-order valence-electron chi connectivity index (χ4n) is 2.91. The van der Waals surface area contributed by atoms with Crippen molar-refractivity contribution in [2.45, 2.75) is 6.42 Å². The predicted molar refractivity (Wildman–Crippen MR) is 94.8 cm³/mol. The van der Waals surface area contributed by atoms with E-state index in [0.717, 1.165) is 11.4 Å². The van der Waals surface area contributed by atoms with E-state index in [2.05, 4.69) is 20.9 Å². The van der Waals surface area contributed by atoms with Crippen LogP contribution in [0, 0.1) is 0 Å². The fraction of sp³-hybridized carbons (Fsp3) is 0.188. The Morgan fingerprint density at radius 3 is 2.88 bits per heavy atom. The number of amides is 1. The molecule has 4 rings (SSSR count). The van der Waals surface area contributed by atoms with Gasteiger partial charge in [0.05, 0.1) is 34.7 Å². The van der Waals surface area contributed by atoms with Crippen LogP contribution in [0.3, 0.4) is 0 Å². The molecule has 0 aliphatic carbocycles. The van der Waals surface area contributed by atoms with Crippen molar-refractivity contribution in [2.75, 3.05) is 18.1 Å². The monoisotopic (exact) mass is 376 g/mol. The molecule has 7 nitrogen and oxygen atoms in total. The highest BCUT2D eigenvalue weighted by Crippen LogP contribution is 2.28. The molecule has 0 saturated heterocycles. The van der Waals surface area contributed by atoms with E-state index in [-0.39, 0.29) is 5.91 Å². The summed E-state index contributed by atoms with van der Waals surface area (Å²) in [6.45, 7) is 1.04. The summed E-state index contributed by atoms with van der Waals surface area (Å²) in [5, 5.41) is 2.71. The molecule has 25 heavy (non-hydrogen) atoms. The van der Waals surface area contributed by atoms with E-state index >= 15 is 0 Å². The van der Waals surface area contributed by atoms with Gasteiger partial charge in [-0.2, -0.15) is 0 Å². The number of carbonyl (C=O) groups excluding carboxylic acids is 1. The first-order valence-corrected chi connectivity index (χ1v) is 8.43. The first-order chi connectivity index (χ1) is 12.1. The molecule has 0 saturated carbocycles. The largest absolute Gasteiger partial charge is 0.332 e. The molecular formula is C16H14Cl2N6O. The van der Waals surface area contributed by atoms with Crippen molar-refractivity contribution >= 4 is 34.9 Å². The van der Waals surface area contributed by atoms with Crippen molar-refractivity contribution in [3.63, 3.8) is 0 Å². The minimum Gasteiger partial charge on any atom is -0.332 e. The Kier molecular flexibility index (Phi) is 4.20. The number of nitrogens with one attached hydrogen (secondary N) is 2. The van der Waals surface area contributed by atoms with Gasteiger partial charge in [-0.3, -0.25) is 9.78 Å². The lowest BCUT2D eigenvalue weighted by molar-refractivity contribution is 0.0762. The van der Waals surface area contributed by atoms with E-state index in [1.165, 1.54) is 0 Å². The second-order valence-corrected chi connectivity index (χ2v) is 6.51. The molecule has 2 N–H and O–H groups in total. The molecule has 9 heteroatoms. The average Bonchev–Trinajstić information content (AvgIpc) is 3.05. The maximum atomic E-state index is 12.8. The number of rotatable bonds is 2. The Balaban J connectivity index is 1.54. The number of nitrogens with zero attached hydrogens (tertiary/aromatic N) is 4. The quantitative estimate of drug-likeness (QED) is 0.837. The van der Waals surface area contributed by atoms with E-state index in [1.54, 1.807) is 41.7 Å². The van der Waals surface area contributed by atoms with Gasteiger partial charge >= 0.3 is 0 Å². The van der Waals surface area contributed by atoms with Gasteiger partial charge in [-0.15, -0.1) is 5.53 Å².